The Labute approximate surface area is 146 Å². The molecular weight excluding hydrogens is 312 g/mol. The molecule has 1 aliphatic carbocycles. The van der Waals surface area contributed by atoms with E-state index in [9.17, 15) is 0 Å². The lowest BCUT2D eigenvalue weighted by Gasteiger charge is -2.27. The minimum Gasteiger partial charge on any atom is -0.430 e. The third-order valence-corrected chi connectivity index (χ3v) is 5.14. The summed E-state index contributed by atoms with van der Waals surface area (Å²) in [5.74, 6) is 2.63. The van der Waals surface area contributed by atoms with Crippen molar-refractivity contribution in [3.05, 3.63) is 66.0 Å². The highest BCUT2D eigenvalue weighted by Crippen LogP contribution is 2.37. The van der Waals surface area contributed by atoms with E-state index in [1.807, 2.05) is 30.5 Å². The molecule has 0 saturated heterocycles. The second-order valence-corrected chi connectivity index (χ2v) is 6.71. The number of allylic oxidation sites excluding steroid dienone is 4. The van der Waals surface area contributed by atoms with Crippen molar-refractivity contribution in [1.82, 2.24) is 19.5 Å². The van der Waals surface area contributed by atoms with Crippen LogP contribution in [-0.2, 0) is 6.54 Å². The van der Waals surface area contributed by atoms with Gasteiger partial charge in [-0.3, -0.25) is 0 Å². The molecule has 0 amide bonds. The molecule has 0 fully saturated rings. The maximum Gasteiger partial charge on any atom is 0.299 e. The van der Waals surface area contributed by atoms with Gasteiger partial charge in [-0.15, -0.1) is 0 Å². The zero-order valence-electron chi connectivity index (χ0n) is 14.0. The van der Waals surface area contributed by atoms with Gasteiger partial charge in [-0.25, -0.2) is 4.98 Å². The molecule has 126 valence electrons. The second kappa shape index (κ2) is 5.92. The van der Waals surface area contributed by atoms with Crippen molar-refractivity contribution in [3.8, 4) is 6.01 Å². The number of nitrogens with zero attached hydrogens (tertiary/aromatic N) is 3. The number of nitrogens with one attached hydrogen (secondary N) is 1. The van der Waals surface area contributed by atoms with Crippen LogP contribution in [0.3, 0.4) is 0 Å². The summed E-state index contributed by atoms with van der Waals surface area (Å²) in [6.07, 6.45) is 12.7. The Morgan fingerprint density at radius 1 is 1.16 bits per heavy atom. The van der Waals surface area contributed by atoms with Crippen molar-refractivity contribution in [1.29, 1.82) is 0 Å². The van der Waals surface area contributed by atoms with Gasteiger partial charge in [0.05, 0.1) is 11.0 Å². The number of fused-ring (bicyclic) bond motifs is 2. The third-order valence-electron chi connectivity index (χ3n) is 5.14. The molecule has 2 aromatic heterocycles. The van der Waals surface area contributed by atoms with Gasteiger partial charge in [0.1, 0.15) is 11.6 Å². The lowest BCUT2D eigenvalue weighted by molar-refractivity contribution is 0.371. The SMILES string of the molecule is C1=C(Oc2nc3ccccc3[nH]2)CCC(C2CCCn3ccnc32)=C1. The van der Waals surface area contributed by atoms with E-state index in [0.717, 1.165) is 36.2 Å². The van der Waals surface area contributed by atoms with E-state index in [4.69, 9.17) is 4.74 Å². The zero-order valence-corrected chi connectivity index (χ0v) is 14.0. The Balaban J connectivity index is 1.36. The van der Waals surface area contributed by atoms with E-state index in [2.05, 4.69) is 37.9 Å². The van der Waals surface area contributed by atoms with Crippen molar-refractivity contribution < 1.29 is 4.74 Å². The normalized spacial score (nSPS) is 20.1. The number of aromatic amines is 1. The van der Waals surface area contributed by atoms with Crippen LogP contribution in [0.25, 0.3) is 11.0 Å². The van der Waals surface area contributed by atoms with Crippen molar-refractivity contribution in [2.75, 3.05) is 0 Å². The van der Waals surface area contributed by atoms with Gasteiger partial charge >= 0.3 is 0 Å². The van der Waals surface area contributed by atoms with Gasteiger partial charge in [-0.05, 0) is 37.5 Å². The van der Waals surface area contributed by atoms with Gasteiger partial charge in [0, 0.05) is 31.3 Å². The van der Waals surface area contributed by atoms with Crippen LogP contribution in [0, 0.1) is 0 Å². The van der Waals surface area contributed by atoms with Crippen molar-refractivity contribution in [2.45, 2.75) is 38.1 Å². The molecule has 1 unspecified atom stereocenters. The number of ether oxygens (including phenoxy) is 1. The number of hydrogen-bond donors (Lipinski definition) is 1. The molecule has 25 heavy (non-hydrogen) atoms. The number of aromatic nitrogens is 4. The largest absolute Gasteiger partial charge is 0.430 e. The summed E-state index contributed by atoms with van der Waals surface area (Å²) in [4.78, 5) is 12.3. The Morgan fingerprint density at radius 2 is 2.12 bits per heavy atom. The molecule has 5 rings (SSSR count). The average Bonchev–Trinajstić information content (AvgIpc) is 3.28. The fraction of sp³-hybridized carbons (Fsp3) is 0.300. The first-order valence-electron chi connectivity index (χ1n) is 8.90. The highest BCUT2D eigenvalue weighted by Gasteiger charge is 2.26. The number of H-pyrrole nitrogens is 1. The first kappa shape index (κ1) is 14.5. The van der Waals surface area contributed by atoms with Gasteiger partial charge in [0.15, 0.2) is 0 Å². The summed E-state index contributed by atoms with van der Waals surface area (Å²) in [6, 6.07) is 8.53. The summed E-state index contributed by atoms with van der Waals surface area (Å²) in [7, 11) is 0. The van der Waals surface area contributed by atoms with E-state index < -0.39 is 0 Å². The van der Waals surface area contributed by atoms with Crippen molar-refractivity contribution in [2.24, 2.45) is 0 Å². The summed E-state index contributed by atoms with van der Waals surface area (Å²) < 4.78 is 8.25. The predicted molar refractivity (Wildman–Crippen MR) is 96.3 cm³/mol. The molecular formula is C20H20N4O. The Hall–Kier alpha value is -2.82. The smallest absolute Gasteiger partial charge is 0.299 e. The van der Waals surface area contributed by atoms with Crippen LogP contribution in [0.4, 0.5) is 0 Å². The van der Waals surface area contributed by atoms with Crippen molar-refractivity contribution >= 4 is 11.0 Å². The number of para-hydroxylation sites is 2. The lowest BCUT2D eigenvalue weighted by Crippen LogP contribution is -2.18. The standard InChI is InChI=1S/C20H20N4O/c1-2-6-18-17(5-1)22-20(23-18)25-15-9-7-14(8-10-15)16-4-3-12-24-13-11-21-19(16)24/h1-2,5-7,9,11,13,16H,3-4,8,10,12H2,(H,22,23). The predicted octanol–water partition coefficient (Wildman–Crippen LogP) is 4.32. The average molecular weight is 332 g/mol. The molecule has 1 N–H and O–H groups in total. The number of benzene rings is 1. The lowest BCUT2D eigenvalue weighted by atomic mass is 9.86. The topological polar surface area (TPSA) is 55.7 Å². The fourth-order valence-corrected chi connectivity index (χ4v) is 3.88. The van der Waals surface area contributed by atoms with Gasteiger partial charge in [-0.1, -0.05) is 23.8 Å². The van der Waals surface area contributed by atoms with Crippen LogP contribution in [0.2, 0.25) is 0 Å². The summed E-state index contributed by atoms with van der Waals surface area (Å²) in [5.41, 5.74) is 3.39. The minimum atomic E-state index is 0.452. The number of hydrogen-bond acceptors (Lipinski definition) is 3. The number of rotatable bonds is 3. The van der Waals surface area contributed by atoms with E-state index in [-0.39, 0.29) is 0 Å². The molecule has 3 heterocycles. The Bertz CT molecular complexity index is 945. The molecule has 1 aliphatic heterocycles. The molecule has 1 aromatic carbocycles. The maximum atomic E-state index is 5.96. The Kier molecular flexibility index (Phi) is 3.44. The number of aryl methyl sites for hydroxylation is 1. The molecule has 2 aliphatic rings. The van der Waals surface area contributed by atoms with E-state index in [1.54, 1.807) is 0 Å². The molecule has 5 heteroatoms. The quantitative estimate of drug-likeness (QED) is 0.777. The van der Waals surface area contributed by atoms with E-state index >= 15 is 0 Å². The second-order valence-electron chi connectivity index (χ2n) is 6.71. The van der Waals surface area contributed by atoms with Crippen molar-refractivity contribution in [3.63, 3.8) is 0 Å². The van der Waals surface area contributed by atoms with E-state index in [0.29, 0.717) is 11.9 Å². The summed E-state index contributed by atoms with van der Waals surface area (Å²) in [6.45, 7) is 1.09. The van der Waals surface area contributed by atoms with Crippen LogP contribution in [-0.4, -0.2) is 19.5 Å². The maximum absolute atomic E-state index is 5.96. The first-order valence-corrected chi connectivity index (χ1v) is 8.90. The summed E-state index contributed by atoms with van der Waals surface area (Å²) in [5, 5.41) is 0. The molecule has 5 nitrogen and oxygen atoms in total. The number of imidazole rings is 2. The van der Waals surface area contributed by atoms with E-state index in [1.165, 1.54) is 24.2 Å². The van der Waals surface area contributed by atoms with Crippen LogP contribution in [0.1, 0.15) is 37.4 Å². The molecule has 0 saturated carbocycles. The third kappa shape index (κ3) is 2.65. The monoisotopic (exact) mass is 332 g/mol. The Morgan fingerprint density at radius 3 is 3.00 bits per heavy atom. The fourth-order valence-electron chi connectivity index (χ4n) is 3.88. The van der Waals surface area contributed by atoms with Crippen LogP contribution < -0.4 is 4.74 Å². The highest BCUT2D eigenvalue weighted by molar-refractivity contribution is 5.75. The van der Waals surface area contributed by atoms with Crippen LogP contribution >= 0.6 is 0 Å². The van der Waals surface area contributed by atoms with Gasteiger partial charge in [-0.2, -0.15) is 4.98 Å². The first-order chi connectivity index (χ1) is 12.4. The van der Waals surface area contributed by atoms with Crippen LogP contribution in [0.15, 0.2) is 60.1 Å². The molecule has 1 atom stereocenters. The van der Waals surface area contributed by atoms with Crippen LogP contribution in [0.5, 0.6) is 6.01 Å². The molecule has 0 bridgehead atoms. The molecule has 0 spiro atoms. The minimum absolute atomic E-state index is 0.452. The summed E-state index contributed by atoms with van der Waals surface area (Å²) >= 11 is 0. The van der Waals surface area contributed by atoms with Gasteiger partial charge in [0.25, 0.3) is 6.01 Å². The highest BCUT2D eigenvalue weighted by atomic mass is 16.5. The van der Waals surface area contributed by atoms with Gasteiger partial charge < -0.3 is 14.3 Å². The zero-order chi connectivity index (χ0) is 16.6. The molecule has 3 aromatic rings. The molecule has 0 radical (unpaired) electrons. The van der Waals surface area contributed by atoms with Gasteiger partial charge in [0.2, 0.25) is 0 Å².